The number of hydrogen-bond acceptors (Lipinski definition) is 5. The Labute approximate surface area is 141 Å². The molecule has 2 N–H and O–H groups in total. The Bertz CT molecular complexity index is 628. The van der Waals surface area contributed by atoms with Crippen LogP contribution in [0.2, 0.25) is 0 Å². The lowest BCUT2D eigenvalue weighted by Crippen LogP contribution is -2.35. The quantitative estimate of drug-likeness (QED) is 0.722. The molecule has 1 heterocycles. The molecule has 128 valence electrons. The zero-order chi connectivity index (χ0) is 16.7. The van der Waals surface area contributed by atoms with Crippen LogP contribution in [0, 0.1) is 0 Å². The van der Waals surface area contributed by atoms with E-state index in [1.54, 1.807) is 18.2 Å². The summed E-state index contributed by atoms with van der Waals surface area (Å²) in [5, 5.41) is 11.4. The molecule has 0 atom stereocenters. The highest BCUT2D eigenvalue weighted by molar-refractivity contribution is 7.99. The molecule has 23 heavy (non-hydrogen) atoms. The molecule has 0 aromatic heterocycles. The summed E-state index contributed by atoms with van der Waals surface area (Å²) >= 11 is 1.32. The summed E-state index contributed by atoms with van der Waals surface area (Å²) in [4.78, 5) is 12.0. The van der Waals surface area contributed by atoms with Crippen molar-refractivity contribution < 1.29 is 18.3 Å². The molecular formula is C15H22N2O4S2. The number of piperidine rings is 1. The number of amides is 1. The molecule has 8 heteroatoms. The number of nitrogens with zero attached hydrogens (tertiary/aromatic N) is 1. The summed E-state index contributed by atoms with van der Waals surface area (Å²) in [7, 11) is -3.50. The van der Waals surface area contributed by atoms with Crippen LogP contribution in [-0.2, 0) is 14.8 Å². The third kappa shape index (κ3) is 5.20. The molecule has 0 spiro atoms. The summed E-state index contributed by atoms with van der Waals surface area (Å²) in [5.74, 6) is 0.511. The first kappa shape index (κ1) is 18.3. The predicted octanol–water partition coefficient (Wildman–Crippen LogP) is 1.53. The second-order valence-corrected chi connectivity index (χ2v) is 8.36. The number of sulfonamides is 1. The van der Waals surface area contributed by atoms with Gasteiger partial charge in [-0.15, -0.1) is 11.8 Å². The topological polar surface area (TPSA) is 86.7 Å². The van der Waals surface area contributed by atoms with E-state index in [-0.39, 0.29) is 23.2 Å². The SMILES string of the molecule is O=C(CSCCO)Nc1cccc(S(=O)(=O)N2CCCCC2)c1. The van der Waals surface area contributed by atoms with Gasteiger partial charge in [-0.3, -0.25) is 4.79 Å². The van der Waals surface area contributed by atoms with Crippen LogP contribution in [0.1, 0.15) is 19.3 Å². The summed E-state index contributed by atoms with van der Waals surface area (Å²) in [5.41, 5.74) is 0.470. The van der Waals surface area contributed by atoms with Crippen LogP contribution in [0.4, 0.5) is 5.69 Å². The average molecular weight is 358 g/mol. The van der Waals surface area contributed by atoms with E-state index in [1.807, 2.05) is 0 Å². The van der Waals surface area contributed by atoms with Crippen LogP contribution in [0.5, 0.6) is 0 Å². The number of aliphatic hydroxyl groups is 1. The second kappa shape index (κ2) is 8.68. The number of rotatable bonds is 7. The van der Waals surface area contributed by atoms with Crippen LogP contribution in [-0.4, -0.2) is 54.9 Å². The van der Waals surface area contributed by atoms with Gasteiger partial charge in [0.2, 0.25) is 15.9 Å². The molecule has 1 aromatic rings. The molecule has 1 amide bonds. The van der Waals surface area contributed by atoms with Crippen LogP contribution in [0.3, 0.4) is 0 Å². The van der Waals surface area contributed by atoms with E-state index >= 15 is 0 Å². The second-order valence-electron chi connectivity index (χ2n) is 5.32. The number of carbonyl (C=O) groups excluding carboxylic acids is 1. The number of benzene rings is 1. The summed E-state index contributed by atoms with van der Waals surface area (Å²) in [6.45, 7) is 1.13. The van der Waals surface area contributed by atoms with Gasteiger partial charge < -0.3 is 10.4 Å². The van der Waals surface area contributed by atoms with Crippen molar-refractivity contribution in [1.82, 2.24) is 4.31 Å². The number of carbonyl (C=O) groups is 1. The molecule has 0 unspecified atom stereocenters. The van der Waals surface area contributed by atoms with Crippen molar-refractivity contribution in [2.24, 2.45) is 0 Å². The maximum atomic E-state index is 12.6. The zero-order valence-electron chi connectivity index (χ0n) is 12.9. The number of nitrogens with one attached hydrogen (secondary N) is 1. The van der Waals surface area contributed by atoms with Gasteiger partial charge in [0.05, 0.1) is 17.3 Å². The van der Waals surface area contributed by atoms with Gasteiger partial charge in [0, 0.05) is 24.5 Å². The Kier molecular flexibility index (Phi) is 6.88. The standard InChI is InChI=1S/C15H22N2O4S2/c18-9-10-22-12-15(19)16-13-5-4-6-14(11-13)23(20,21)17-7-2-1-3-8-17/h4-6,11,18H,1-3,7-10,12H2,(H,16,19). The van der Waals surface area contributed by atoms with Gasteiger partial charge in [0.25, 0.3) is 0 Å². The first-order chi connectivity index (χ1) is 11.0. The largest absolute Gasteiger partial charge is 0.396 e. The minimum absolute atomic E-state index is 0.0293. The van der Waals surface area contributed by atoms with E-state index in [0.29, 0.717) is 24.5 Å². The molecule has 0 aliphatic carbocycles. The first-order valence-corrected chi connectivity index (χ1v) is 10.2. The fourth-order valence-electron chi connectivity index (χ4n) is 2.42. The Morgan fingerprint density at radius 1 is 1.26 bits per heavy atom. The highest BCUT2D eigenvalue weighted by atomic mass is 32.2. The lowest BCUT2D eigenvalue weighted by molar-refractivity contribution is -0.113. The van der Waals surface area contributed by atoms with E-state index in [2.05, 4.69) is 5.32 Å². The lowest BCUT2D eigenvalue weighted by atomic mass is 10.2. The van der Waals surface area contributed by atoms with Gasteiger partial charge in [0.1, 0.15) is 0 Å². The molecule has 1 aliphatic heterocycles. The smallest absolute Gasteiger partial charge is 0.243 e. The number of thioether (sulfide) groups is 1. The van der Waals surface area contributed by atoms with Crippen molar-refractivity contribution in [3.63, 3.8) is 0 Å². The van der Waals surface area contributed by atoms with Gasteiger partial charge in [0.15, 0.2) is 0 Å². The summed E-state index contributed by atoms with van der Waals surface area (Å²) in [6, 6.07) is 6.36. The summed E-state index contributed by atoms with van der Waals surface area (Å²) < 4.78 is 26.7. The third-order valence-electron chi connectivity index (χ3n) is 3.54. The van der Waals surface area contributed by atoms with E-state index in [1.165, 1.54) is 22.1 Å². The minimum atomic E-state index is -3.50. The molecule has 1 fully saturated rings. The summed E-state index contributed by atoms with van der Waals surface area (Å²) in [6.07, 6.45) is 2.84. The van der Waals surface area contributed by atoms with Crippen molar-refractivity contribution in [2.75, 3.05) is 36.5 Å². The molecule has 1 aliphatic rings. The molecule has 0 radical (unpaired) electrons. The van der Waals surface area contributed by atoms with Crippen LogP contribution < -0.4 is 5.32 Å². The number of anilines is 1. The molecule has 1 saturated heterocycles. The normalized spacial score (nSPS) is 16.2. The van der Waals surface area contributed by atoms with E-state index in [0.717, 1.165) is 19.3 Å². The molecule has 6 nitrogen and oxygen atoms in total. The molecule has 1 aromatic carbocycles. The highest BCUT2D eigenvalue weighted by Gasteiger charge is 2.26. The molecular weight excluding hydrogens is 336 g/mol. The Morgan fingerprint density at radius 3 is 2.70 bits per heavy atom. The average Bonchev–Trinajstić information content (AvgIpc) is 2.56. The van der Waals surface area contributed by atoms with E-state index in [4.69, 9.17) is 5.11 Å². The van der Waals surface area contributed by atoms with E-state index in [9.17, 15) is 13.2 Å². The van der Waals surface area contributed by atoms with Crippen molar-refractivity contribution in [3.05, 3.63) is 24.3 Å². The van der Waals surface area contributed by atoms with Gasteiger partial charge in [-0.1, -0.05) is 12.5 Å². The van der Waals surface area contributed by atoms with E-state index < -0.39 is 10.0 Å². The lowest BCUT2D eigenvalue weighted by Gasteiger charge is -2.26. The fraction of sp³-hybridized carbons (Fsp3) is 0.533. The van der Waals surface area contributed by atoms with Crippen molar-refractivity contribution >= 4 is 33.4 Å². The monoisotopic (exact) mass is 358 g/mol. The van der Waals surface area contributed by atoms with Gasteiger partial charge >= 0.3 is 0 Å². The van der Waals surface area contributed by atoms with Crippen molar-refractivity contribution in [1.29, 1.82) is 0 Å². The Hall–Kier alpha value is -1.09. The third-order valence-corrected chi connectivity index (χ3v) is 6.37. The van der Waals surface area contributed by atoms with Gasteiger partial charge in [-0.25, -0.2) is 8.42 Å². The molecule has 0 saturated carbocycles. The zero-order valence-corrected chi connectivity index (χ0v) is 14.5. The maximum absolute atomic E-state index is 12.6. The predicted molar refractivity (Wildman–Crippen MR) is 92.1 cm³/mol. The fourth-order valence-corrected chi connectivity index (χ4v) is 4.51. The van der Waals surface area contributed by atoms with Crippen LogP contribution in [0.15, 0.2) is 29.2 Å². The van der Waals surface area contributed by atoms with Gasteiger partial charge in [-0.05, 0) is 31.0 Å². The Balaban J connectivity index is 2.05. The highest BCUT2D eigenvalue weighted by Crippen LogP contribution is 2.22. The van der Waals surface area contributed by atoms with Gasteiger partial charge in [-0.2, -0.15) is 4.31 Å². The molecule has 0 bridgehead atoms. The maximum Gasteiger partial charge on any atom is 0.243 e. The number of aliphatic hydroxyl groups excluding tert-OH is 1. The first-order valence-electron chi connectivity index (χ1n) is 7.63. The van der Waals surface area contributed by atoms with Crippen molar-refractivity contribution in [2.45, 2.75) is 24.2 Å². The Morgan fingerprint density at radius 2 is 2.00 bits per heavy atom. The minimum Gasteiger partial charge on any atom is -0.396 e. The van der Waals surface area contributed by atoms with Crippen LogP contribution >= 0.6 is 11.8 Å². The van der Waals surface area contributed by atoms with Crippen molar-refractivity contribution in [3.8, 4) is 0 Å². The van der Waals surface area contributed by atoms with Crippen LogP contribution in [0.25, 0.3) is 0 Å². The molecule has 2 rings (SSSR count). The number of hydrogen-bond donors (Lipinski definition) is 2.